The first-order valence-corrected chi connectivity index (χ1v) is 8.53. The summed E-state index contributed by atoms with van der Waals surface area (Å²) in [5.41, 5.74) is 0. The monoisotopic (exact) mass is 317 g/mol. The molecule has 0 bridgehead atoms. The van der Waals surface area contributed by atoms with Crippen molar-refractivity contribution in [1.82, 2.24) is 14.7 Å². The fourth-order valence-corrected chi connectivity index (χ4v) is 3.12. The summed E-state index contributed by atoms with van der Waals surface area (Å²) in [6.07, 6.45) is 3.72. The third kappa shape index (κ3) is 5.47. The molecule has 0 saturated heterocycles. The lowest BCUT2D eigenvalue weighted by Gasteiger charge is -2.14. The Balaban J connectivity index is 2.49. The van der Waals surface area contributed by atoms with Gasteiger partial charge in [0.25, 0.3) is 10.0 Å². The van der Waals surface area contributed by atoms with Crippen molar-refractivity contribution in [3.8, 4) is 0 Å². The Kier molecular flexibility index (Phi) is 6.35. The van der Waals surface area contributed by atoms with E-state index in [0.717, 1.165) is 0 Å². The second-order valence-electron chi connectivity index (χ2n) is 5.24. The number of nitrogens with one attached hydrogen (secondary N) is 2. The van der Waals surface area contributed by atoms with Gasteiger partial charge in [0.05, 0.1) is 12.1 Å². The summed E-state index contributed by atoms with van der Waals surface area (Å²) in [4.78, 5) is 17.4. The van der Waals surface area contributed by atoms with Crippen LogP contribution in [0, 0.1) is 5.92 Å². The quantitative estimate of drug-likeness (QED) is 0.639. The van der Waals surface area contributed by atoms with Crippen molar-refractivity contribution >= 4 is 16.0 Å². The first-order valence-electron chi connectivity index (χ1n) is 7.05. The second-order valence-corrected chi connectivity index (χ2v) is 6.92. The standard InChI is InChI=1S/C13H23N3O4S/c1-4-11-14-8-12(15-11)21(19,20)16-10(3)7-5-6-9(2)13(17)18/h8-10,16H,4-7H2,1-3H3,(H,14,15)(H,17,18). The van der Waals surface area contributed by atoms with Crippen LogP contribution in [0.4, 0.5) is 0 Å². The molecular weight excluding hydrogens is 294 g/mol. The minimum atomic E-state index is -3.60. The van der Waals surface area contributed by atoms with E-state index in [2.05, 4.69) is 14.7 Å². The smallest absolute Gasteiger partial charge is 0.306 e. The van der Waals surface area contributed by atoms with Crippen LogP contribution in [0.1, 0.15) is 45.9 Å². The zero-order valence-electron chi connectivity index (χ0n) is 12.6. The van der Waals surface area contributed by atoms with Crippen LogP contribution in [0.2, 0.25) is 0 Å². The SMILES string of the molecule is CCc1ncc(S(=O)(=O)NC(C)CCCC(C)C(=O)O)[nH]1. The van der Waals surface area contributed by atoms with Gasteiger partial charge in [-0.2, -0.15) is 0 Å². The number of hydrogen-bond acceptors (Lipinski definition) is 4. The maximum Gasteiger partial charge on any atom is 0.306 e. The van der Waals surface area contributed by atoms with Gasteiger partial charge in [0.1, 0.15) is 5.82 Å². The second kappa shape index (κ2) is 7.56. The molecule has 0 saturated carbocycles. The van der Waals surface area contributed by atoms with Crippen molar-refractivity contribution in [2.45, 2.75) is 57.5 Å². The molecule has 1 aromatic rings. The third-order valence-electron chi connectivity index (χ3n) is 3.28. The highest BCUT2D eigenvalue weighted by atomic mass is 32.2. The first-order chi connectivity index (χ1) is 9.76. The number of aromatic amines is 1. The van der Waals surface area contributed by atoms with E-state index in [1.54, 1.807) is 13.8 Å². The maximum absolute atomic E-state index is 12.1. The number of rotatable bonds is 9. The highest BCUT2D eigenvalue weighted by Gasteiger charge is 2.20. The predicted octanol–water partition coefficient (Wildman–Crippen LogP) is 1.53. The fraction of sp³-hybridized carbons (Fsp3) is 0.692. The van der Waals surface area contributed by atoms with E-state index < -0.39 is 21.9 Å². The van der Waals surface area contributed by atoms with Gasteiger partial charge in [0, 0.05) is 12.5 Å². The Morgan fingerprint density at radius 2 is 2.10 bits per heavy atom. The minimum Gasteiger partial charge on any atom is -0.481 e. The van der Waals surface area contributed by atoms with Gasteiger partial charge in [0.15, 0.2) is 5.03 Å². The summed E-state index contributed by atoms with van der Waals surface area (Å²) in [6.45, 7) is 5.29. The Hall–Kier alpha value is -1.41. The van der Waals surface area contributed by atoms with E-state index in [1.807, 2.05) is 6.92 Å². The Labute approximate surface area is 125 Å². The molecule has 0 fully saturated rings. The van der Waals surface area contributed by atoms with E-state index in [4.69, 9.17) is 5.11 Å². The number of carbonyl (C=O) groups is 1. The molecule has 0 radical (unpaired) electrons. The number of carboxylic acid groups (broad SMARTS) is 1. The molecule has 1 rings (SSSR count). The van der Waals surface area contributed by atoms with Crippen LogP contribution in [-0.4, -0.2) is 35.5 Å². The molecule has 1 heterocycles. The van der Waals surface area contributed by atoms with Crippen molar-refractivity contribution in [3.05, 3.63) is 12.0 Å². The number of aryl methyl sites for hydroxylation is 1. The van der Waals surface area contributed by atoms with Crippen LogP contribution >= 0.6 is 0 Å². The molecule has 8 heteroatoms. The number of carboxylic acids is 1. The number of aliphatic carboxylic acids is 1. The summed E-state index contributed by atoms with van der Waals surface area (Å²) >= 11 is 0. The molecule has 120 valence electrons. The molecule has 2 atom stereocenters. The number of H-pyrrole nitrogens is 1. The number of imidazole rings is 1. The summed E-state index contributed by atoms with van der Waals surface area (Å²) in [6, 6.07) is -0.260. The highest BCUT2D eigenvalue weighted by Crippen LogP contribution is 2.12. The highest BCUT2D eigenvalue weighted by molar-refractivity contribution is 7.89. The summed E-state index contributed by atoms with van der Waals surface area (Å²) < 4.78 is 26.8. The molecular formula is C13H23N3O4S. The molecule has 0 amide bonds. The molecule has 1 aromatic heterocycles. The van der Waals surface area contributed by atoms with E-state index in [1.165, 1.54) is 6.20 Å². The predicted molar refractivity (Wildman–Crippen MR) is 78.4 cm³/mol. The summed E-state index contributed by atoms with van der Waals surface area (Å²) in [5.74, 6) is -0.611. The van der Waals surface area contributed by atoms with Gasteiger partial charge in [-0.25, -0.2) is 18.1 Å². The zero-order chi connectivity index (χ0) is 16.0. The van der Waals surface area contributed by atoms with Crippen LogP contribution in [0.3, 0.4) is 0 Å². The molecule has 3 N–H and O–H groups in total. The van der Waals surface area contributed by atoms with Crippen LogP contribution in [0.15, 0.2) is 11.2 Å². The Morgan fingerprint density at radius 3 is 2.62 bits per heavy atom. The van der Waals surface area contributed by atoms with Gasteiger partial charge in [0.2, 0.25) is 0 Å². The Morgan fingerprint density at radius 1 is 1.43 bits per heavy atom. The average Bonchev–Trinajstić information content (AvgIpc) is 2.87. The van der Waals surface area contributed by atoms with Crippen LogP contribution in [-0.2, 0) is 21.2 Å². The number of aromatic nitrogens is 2. The fourth-order valence-electron chi connectivity index (χ4n) is 1.90. The lowest BCUT2D eigenvalue weighted by molar-refractivity contribution is -0.141. The van der Waals surface area contributed by atoms with Crippen molar-refractivity contribution in [3.63, 3.8) is 0 Å². The normalized spacial score (nSPS) is 14.8. The minimum absolute atomic E-state index is 0.0603. The van der Waals surface area contributed by atoms with E-state index in [0.29, 0.717) is 31.5 Å². The zero-order valence-corrected chi connectivity index (χ0v) is 13.4. The van der Waals surface area contributed by atoms with E-state index >= 15 is 0 Å². The molecule has 0 aliphatic heterocycles. The summed E-state index contributed by atoms with van der Waals surface area (Å²) in [5, 5.41) is 8.85. The summed E-state index contributed by atoms with van der Waals surface area (Å²) in [7, 11) is -3.60. The van der Waals surface area contributed by atoms with Crippen molar-refractivity contribution in [2.24, 2.45) is 5.92 Å². The number of hydrogen-bond donors (Lipinski definition) is 3. The lowest BCUT2D eigenvalue weighted by Crippen LogP contribution is -2.33. The molecule has 2 unspecified atom stereocenters. The molecule has 0 aliphatic rings. The van der Waals surface area contributed by atoms with Gasteiger partial charge in [-0.05, 0) is 19.8 Å². The number of nitrogens with zero attached hydrogens (tertiary/aromatic N) is 1. The van der Waals surface area contributed by atoms with Crippen LogP contribution in [0.5, 0.6) is 0 Å². The van der Waals surface area contributed by atoms with Gasteiger partial charge in [-0.3, -0.25) is 4.79 Å². The van der Waals surface area contributed by atoms with Crippen LogP contribution in [0.25, 0.3) is 0 Å². The van der Waals surface area contributed by atoms with Gasteiger partial charge < -0.3 is 10.1 Å². The number of sulfonamides is 1. The maximum atomic E-state index is 12.1. The molecule has 0 aromatic carbocycles. The third-order valence-corrected chi connectivity index (χ3v) is 4.78. The lowest BCUT2D eigenvalue weighted by atomic mass is 10.0. The Bertz CT molecular complexity index is 568. The van der Waals surface area contributed by atoms with Gasteiger partial charge in [-0.15, -0.1) is 0 Å². The largest absolute Gasteiger partial charge is 0.481 e. The van der Waals surface area contributed by atoms with Crippen molar-refractivity contribution < 1.29 is 18.3 Å². The molecule has 21 heavy (non-hydrogen) atoms. The van der Waals surface area contributed by atoms with Crippen LogP contribution < -0.4 is 4.72 Å². The van der Waals surface area contributed by atoms with Gasteiger partial charge in [-0.1, -0.05) is 20.3 Å². The molecule has 7 nitrogen and oxygen atoms in total. The first kappa shape index (κ1) is 17.6. The topological polar surface area (TPSA) is 112 Å². The van der Waals surface area contributed by atoms with E-state index in [-0.39, 0.29) is 11.1 Å². The molecule has 0 aliphatic carbocycles. The van der Waals surface area contributed by atoms with Crippen molar-refractivity contribution in [1.29, 1.82) is 0 Å². The molecule has 0 spiro atoms. The van der Waals surface area contributed by atoms with Crippen molar-refractivity contribution in [2.75, 3.05) is 0 Å². The van der Waals surface area contributed by atoms with E-state index in [9.17, 15) is 13.2 Å². The van der Waals surface area contributed by atoms with Gasteiger partial charge >= 0.3 is 5.97 Å². The average molecular weight is 317 g/mol.